The molecule has 3 unspecified atom stereocenters. The summed E-state index contributed by atoms with van der Waals surface area (Å²) in [6.45, 7) is 4.29. The van der Waals surface area contributed by atoms with Crippen LogP contribution in [-0.4, -0.2) is 36.5 Å². The average molecular weight is 298 g/mol. The Morgan fingerprint density at radius 1 is 1.29 bits per heavy atom. The number of halogens is 3. The van der Waals surface area contributed by atoms with Crippen LogP contribution in [-0.2, 0) is 0 Å². The Labute approximate surface area is 121 Å². The molecule has 1 aromatic rings. The van der Waals surface area contributed by atoms with Gasteiger partial charge in [-0.15, -0.1) is 0 Å². The summed E-state index contributed by atoms with van der Waals surface area (Å²) in [5.74, 6) is -3.85. The number of nitrogens with zero attached hydrogens (tertiary/aromatic N) is 1. The van der Waals surface area contributed by atoms with E-state index in [0.717, 1.165) is 31.6 Å². The largest absolute Gasteiger partial charge is 0.335 e. The Morgan fingerprint density at radius 2 is 1.95 bits per heavy atom. The average Bonchev–Trinajstić information content (AvgIpc) is 3.03. The van der Waals surface area contributed by atoms with Gasteiger partial charge >= 0.3 is 0 Å². The van der Waals surface area contributed by atoms with Gasteiger partial charge < -0.3 is 10.2 Å². The van der Waals surface area contributed by atoms with Crippen LogP contribution in [0.4, 0.5) is 13.2 Å². The summed E-state index contributed by atoms with van der Waals surface area (Å²) in [5, 5.41) is 3.31. The molecule has 1 amide bonds. The van der Waals surface area contributed by atoms with Crippen LogP contribution in [0.3, 0.4) is 0 Å². The highest BCUT2D eigenvalue weighted by Gasteiger charge is 2.45. The molecule has 0 bridgehead atoms. The normalized spacial score (nSPS) is 28.0. The first kappa shape index (κ1) is 14.4. The number of carbonyl (C=O) groups excluding carboxylic acids is 1. The topological polar surface area (TPSA) is 32.3 Å². The lowest BCUT2D eigenvalue weighted by Crippen LogP contribution is -2.39. The van der Waals surface area contributed by atoms with Crippen molar-refractivity contribution in [2.75, 3.05) is 19.6 Å². The molecule has 2 heterocycles. The minimum Gasteiger partial charge on any atom is -0.335 e. The Bertz CT molecular complexity index is 555. The summed E-state index contributed by atoms with van der Waals surface area (Å²) in [6.07, 6.45) is 0.792. The van der Waals surface area contributed by atoms with Gasteiger partial charge in [0.1, 0.15) is 0 Å². The number of amides is 1. The standard InChI is InChI=1S/C15H17F3N2O/c1-2-13-10-6-19-5-9(10)7-20(13)15(21)8-3-11(16)14(18)12(17)4-8/h3-4,9-10,13,19H,2,5-7H2,1H3. The van der Waals surface area contributed by atoms with E-state index in [0.29, 0.717) is 18.4 Å². The number of nitrogens with one attached hydrogen (secondary N) is 1. The van der Waals surface area contributed by atoms with Gasteiger partial charge in [-0.1, -0.05) is 6.92 Å². The monoisotopic (exact) mass is 298 g/mol. The SMILES string of the molecule is CCC1C2CNCC2CN1C(=O)c1cc(F)c(F)c(F)c1. The van der Waals surface area contributed by atoms with E-state index in [1.54, 1.807) is 4.90 Å². The molecule has 0 aliphatic carbocycles. The van der Waals surface area contributed by atoms with Crippen LogP contribution in [0.15, 0.2) is 12.1 Å². The fourth-order valence-electron chi connectivity index (χ4n) is 3.62. The summed E-state index contributed by atoms with van der Waals surface area (Å²) in [4.78, 5) is 14.2. The number of likely N-dealkylation sites (tertiary alicyclic amines) is 1. The quantitative estimate of drug-likeness (QED) is 0.849. The molecule has 2 aliphatic heterocycles. The predicted molar refractivity (Wildman–Crippen MR) is 71.3 cm³/mol. The molecule has 21 heavy (non-hydrogen) atoms. The van der Waals surface area contributed by atoms with E-state index in [1.165, 1.54) is 0 Å². The zero-order valence-corrected chi connectivity index (χ0v) is 11.7. The predicted octanol–water partition coefficient (Wildman–Crippen LogP) is 2.17. The van der Waals surface area contributed by atoms with Gasteiger partial charge in [-0.05, 0) is 30.4 Å². The van der Waals surface area contributed by atoms with Crippen molar-refractivity contribution in [3.63, 3.8) is 0 Å². The summed E-state index contributed by atoms with van der Waals surface area (Å²) < 4.78 is 39.6. The van der Waals surface area contributed by atoms with Crippen LogP contribution >= 0.6 is 0 Å². The third kappa shape index (κ3) is 2.31. The van der Waals surface area contributed by atoms with Crippen LogP contribution in [0.2, 0.25) is 0 Å². The van der Waals surface area contributed by atoms with Crippen molar-refractivity contribution in [2.24, 2.45) is 11.8 Å². The number of fused-ring (bicyclic) bond motifs is 1. The van der Waals surface area contributed by atoms with Crippen molar-refractivity contribution in [2.45, 2.75) is 19.4 Å². The molecule has 3 nitrogen and oxygen atoms in total. The lowest BCUT2D eigenvalue weighted by molar-refractivity contribution is 0.0710. The van der Waals surface area contributed by atoms with Gasteiger partial charge in [0.25, 0.3) is 5.91 Å². The van der Waals surface area contributed by atoms with Crippen molar-refractivity contribution in [1.29, 1.82) is 0 Å². The van der Waals surface area contributed by atoms with E-state index in [1.807, 2.05) is 6.92 Å². The van der Waals surface area contributed by atoms with Gasteiger partial charge in [-0.3, -0.25) is 4.79 Å². The Balaban J connectivity index is 1.88. The highest BCUT2D eigenvalue weighted by Crippen LogP contribution is 2.35. The first-order chi connectivity index (χ1) is 10.0. The van der Waals surface area contributed by atoms with Crippen molar-refractivity contribution in [1.82, 2.24) is 10.2 Å². The molecule has 0 aromatic heterocycles. The molecule has 0 radical (unpaired) electrons. The Kier molecular flexibility index (Phi) is 3.65. The number of carbonyl (C=O) groups is 1. The maximum Gasteiger partial charge on any atom is 0.254 e. The van der Waals surface area contributed by atoms with Gasteiger partial charge in [0.15, 0.2) is 17.5 Å². The van der Waals surface area contributed by atoms with Gasteiger partial charge in [0.05, 0.1) is 0 Å². The summed E-state index contributed by atoms with van der Waals surface area (Å²) in [6, 6.07) is 1.62. The first-order valence-electron chi connectivity index (χ1n) is 7.19. The van der Waals surface area contributed by atoms with Crippen LogP contribution in [0, 0.1) is 29.3 Å². The Hall–Kier alpha value is -1.56. The number of hydrogen-bond acceptors (Lipinski definition) is 2. The Morgan fingerprint density at radius 3 is 2.57 bits per heavy atom. The highest BCUT2D eigenvalue weighted by atomic mass is 19.2. The van der Waals surface area contributed by atoms with Crippen molar-refractivity contribution >= 4 is 5.91 Å². The lowest BCUT2D eigenvalue weighted by atomic mass is 9.93. The number of benzene rings is 1. The van der Waals surface area contributed by atoms with E-state index < -0.39 is 23.4 Å². The summed E-state index contributed by atoms with van der Waals surface area (Å²) in [7, 11) is 0. The minimum absolute atomic E-state index is 0.0636. The van der Waals surface area contributed by atoms with Crippen LogP contribution in [0.1, 0.15) is 23.7 Å². The van der Waals surface area contributed by atoms with Crippen LogP contribution in [0.5, 0.6) is 0 Å². The van der Waals surface area contributed by atoms with E-state index in [4.69, 9.17) is 0 Å². The van der Waals surface area contributed by atoms with Crippen LogP contribution < -0.4 is 5.32 Å². The zero-order chi connectivity index (χ0) is 15.1. The fraction of sp³-hybridized carbons (Fsp3) is 0.533. The fourth-order valence-corrected chi connectivity index (χ4v) is 3.62. The zero-order valence-electron chi connectivity index (χ0n) is 11.7. The molecule has 6 heteroatoms. The second-order valence-electron chi connectivity index (χ2n) is 5.77. The molecule has 0 spiro atoms. The van der Waals surface area contributed by atoms with Crippen LogP contribution in [0.25, 0.3) is 0 Å². The first-order valence-corrected chi connectivity index (χ1v) is 7.19. The smallest absolute Gasteiger partial charge is 0.254 e. The highest BCUT2D eigenvalue weighted by molar-refractivity contribution is 5.94. The van der Waals surface area contributed by atoms with E-state index in [2.05, 4.69) is 5.32 Å². The number of hydrogen-bond donors (Lipinski definition) is 1. The molecular formula is C15H17F3N2O. The van der Waals surface area contributed by atoms with Gasteiger partial charge in [0, 0.05) is 31.2 Å². The molecule has 0 saturated carbocycles. The molecule has 1 N–H and O–H groups in total. The molecule has 2 fully saturated rings. The summed E-state index contributed by atoms with van der Waals surface area (Å²) in [5.41, 5.74) is -0.127. The molecule has 2 aliphatic rings. The van der Waals surface area contributed by atoms with Crippen molar-refractivity contribution in [3.8, 4) is 0 Å². The molecule has 1 aromatic carbocycles. The van der Waals surface area contributed by atoms with E-state index >= 15 is 0 Å². The molecule has 3 rings (SSSR count). The third-order valence-electron chi connectivity index (χ3n) is 4.63. The second-order valence-corrected chi connectivity index (χ2v) is 5.77. The molecule has 3 atom stereocenters. The second kappa shape index (κ2) is 5.33. The molecular weight excluding hydrogens is 281 g/mol. The van der Waals surface area contributed by atoms with Gasteiger partial charge in [-0.25, -0.2) is 13.2 Å². The maximum absolute atomic E-state index is 13.3. The molecule has 114 valence electrons. The van der Waals surface area contributed by atoms with Crippen molar-refractivity contribution in [3.05, 3.63) is 35.1 Å². The summed E-state index contributed by atoms with van der Waals surface area (Å²) >= 11 is 0. The van der Waals surface area contributed by atoms with E-state index in [-0.39, 0.29) is 11.6 Å². The minimum atomic E-state index is -1.54. The van der Waals surface area contributed by atoms with E-state index in [9.17, 15) is 18.0 Å². The van der Waals surface area contributed by atoms with Gasteiger partial charge in [-0.2, -0.15) is 0 Å². The molecule has 2 saturated heterocycles. The van der Waals surface area contributed by atoms with Crippen molar-refractivity contribution < 1.29 is 18.0 Å². The lowest BCUT2D eigenvalue weighted by Gasteiger charge is -2.27. The number of rotatable bonds is 2. The third-order valence-corrected chi connectivity index (χ3v) is 4.63. The van der Waals surface area contributed by atoms with Gasteiger partial charge in [0.2, 0.25) is 0 Å². The maximum atomic E-state index is 13.3.